The zero-order valence-electron chi connectivity index (χ0n) is 23.9. The Kier molecular flexibility index (Phi) is 8.14. The second-order valence-electron chi connectivity index (χ2n) is 11.3. The quantitative estimate of drug-likeness (QED) is 0.236. The number of nitro groups is 1. The average Bonchev–Trinajstić information content (AvgIpc) is 3.50. The Hall–Kier alpha value is -4.27. The largest absolute Gasteiger partial charge is 0.464 e. The molecule has 2 fully saturated rings. The maximum atomic E-state index is 14.4. The maximum Gasteiger partial charge on any atom is 0.293 e. The fraction of sp³-hybridized carbons (Fsp3) is 0.400. The summed E-state index contributed by atoms with van der Waals surface area (Å²) in [6, 6.07) is 7.50. The summed E-state index contributed by atoms with van der Waals surface area (Å²) in [7, 11) is -4.63. The number of pyridine rings is 1. The first-order valence-corrected chi connectivity index (χ1v) is 16.1. The number of nitrogens with two attached hydrogens (primary N) is 1. The number of hydrogen-bond donors (Lipinski definition) is 3. The number of anilines is 1. The van der Waals surface area contributed by atoms with E-state index in [1.807, 2.05) is 0 Å². The minimum Gasteiger partial charge on any atom is -0.464 e. The standard InChI is InChI=1S/C30H34N6O7S/c31-28(37)25-3-1-2-11-30(25,43-23-17-20-10-12-32-29(20)33-19-23)44(40,41)24-8-9-26(27(18-24)36(38)39)34-21-4-6-22(7-5-21)35-13-15-42-16-14-35/h1-3,8-12,17-19,21-22,25,34H,4-7,13-16H2,(H2,31,37)(H,32,33). The second kappa shape index (κ2) is 12.0. The van der Waals surface area contributed by atoms with Crippen LogP contribution >= 0.6 is 0 Å². The van der Waals surface area contributed by atoms with E-state index in [4.69, 9.17) is 15.2 Å². The highest BCUT2D eigenvalue weighted by Gasteiger charge is 2.54. The van der Waals surface area contributed by atoms with Gasteiger partial charge in [-0.3, -0.25) is 19.8 Å². The minimum absolute atomic E-state index is 0.00429. The number of hydrogen-bond acceptors (Lipinski definition) is 10. The molecular weight excluding hydrogens is 588 g/mol. The van der Waals surface area contributed by atoms with Crippen molar-refractivity contribution in [3.63, 3.8) is 0 Å². The summed E-state index contributed by atoms with van der Waals surface area (Å²) < 4.78 is 40.4. The lowest BCUT2D eigenvalue weighted by molar-refractivity contribution is -0.384. The summed E-state index contributed by atoms with van der Waals surface area (Å²) in [5.74, 6) is -2.30. The number of benzene rings is 1. The molecule has 2 atom stereocenters. The summed E-state index contributed by atoms with van der Waals surface area (Å²) >= 11 is 0. The molecule has 3 heterocycles. The van der Waals surface area contributed by atoms with Gasteiger partial charge in [0.05, 0.1) is 29.2 Å². The summed E-state index contributed by atoms with van der Waals surface area (Å²) in [5.41, 5.74) is 6.09. The number of nitrogens with zero attached hydrogens (tertiary/aromatic N) is 3. The number of rotatable bonds is 9. The number of amides is 1. The number of primary amides is 1. The number of fused-ring (bicyclic) bond motifs is 1. The van der Waals surface area contributed by atoms with Crippen LogP contribution in [0.4, 0.5) is 11.4 Å². The molecule has 0 radical (unpaired) electrons. The Balaban J connectivity index is 1.30. The van der Waals surface area contributed by atoms with Crippen molar-refractivity contribution in [2.24, 2.45) is 11.7 Å². The molecule has 1 aromatic carbocycles. The van der Waals surface area contributed by atoms with E-state index in [2.05, 4.69) is 20.2 Å². The van der Waals surface area contributed by atoms with Crippen molar-refractivity contribution >= 4 is 38.2 Å². The first kappa shape index (κ1) is 29.8. The lowest BCUT2D eigenvalue weighted by Gasteiger charge is -2.39. The fourth-order valence-corrected chi connectivity index (χ4v) is 8.22. The highest BCUT2D eigenvalue weighted by atomic mass is 32.2. The van der Waals surface area contributed by atoms with Crippen LogP contribution in [0.25, 0.3) is 11.0 Å². The molecule has 1 amide bonds. The van der Waals surface area contributed by atoms with Gasteiger partial charge in [0.1, 0.15) is 23.0 Å². The van der Waals surface area contributed by atoms with Crippen molar-refractivity contribution in [1.82, 2.24) is 14.9 Å². The van der Waals surface area contributed by atoms with Crippen molar-refractivity contribution in [3.8, 4) is 5.75 Å². The number of aromatic amines is 1. The number of H-pyrrole nitrogens is 1. The number of allylic oxidation sites excluding steroid dienone is 2. The van der Waals surface area contributed by atoms with Gasteiger partial charge in [0.2, 0.25) is 20.7 Å². The third kappa shape index (κ3) is 5.55. The van der Waals surface area contributed by atoms with Crippen LogP contribution in [0.3, 0.4) is 0 Å². The van der Waals surface area contributed by atoms with E-state index in [1.165, 1.54) is 42.6 Å². The third-order valence-electron chi connectivity index (χ3n) is 8.65. The molecule has 2 unspecified atom stereocenters. The van der Waals surface area contributed by atoms with E-state index in [0.717, 1.165) is 58.1 Å². The predicted molar refractivity (Wildman–Crippen MR) is 163 cm³/mol. The van der Waals surface area contributed by atoms with Gasteiger partial charge in [-0.2, -0.15) is 0 Å². The van der Waals surface area contributed by atoms with Gasteiger partial charge in [-0.1, -0.05) is 18.2 Å². The van der Waals surface area contributed by atoms with Gasteiger partial charge in [0, 0.05) is 42.8 Å². The van der Waals surface area contributed by atoms with E-state index in [0.29, 0.717) is 17.1 Å². The van der Waals surface area contributed by atoms with Gasteiger partial charge >= 0.3 is 0 Å². The molecule has 232 valence electrons. The van der Waals surface area contributed by atoms with Crippen LogP contribution in [0, 0.1) is 16.0 Å². The molecule has 0 spiro atoms. The summed E-state index contributed by atoms with van der Waals surface area (Å²) in [5, 5.41) is 16.2. The second-order valence-corrected chi connectivity index (χ2v) is 13.4. The van der Waals surface area contributed by atoms with Gasteiger partial charge < -0.3 is 25.5 Å². The molecule has 3 aliphatic rings. The van der Waals surface area contributed by atoms with E-state index in [9.17, 15) is 23.3 Å². The van der Waals surface area contributed by atoms with E-state index in [-0.39, 0.29) is 22.4 Å². The van der Waals surface area contributed by atoms with Crippen molar-refractivity contribution in [3.05, 3.63) is 77.1 Å². The summed E-state index contributed by atoms with van der Waals surface area (Å²) in [6.45, 7) is 3.29. The highest BCUT2D eigenvalue weighted by Crippen LogP contribution is 2.41. The third-order valence-corrected chi connectivity index (χ3v) is 10.8. The lowest BCUT2D eigenvalue weighted by Crippen LogP contribution is -2.53. The molecule has 44 heavy (non-hydrogen) atoms. The zero-order valence-corrected chi connectivity index (χ0v) is 24.7. The van der Waals surface area contributed by atoms with Crippen molar-refractivity contribution in [2.75, 3.05) is 31.6 Å². The summed E-state index contributed by atoms with van der Waals surface area (Å²) in [6.07, 6.45) is 12.1. The lowest BCUT2D eigenvalue weighted by atomic mass is 9.89. The first-order chi connectivity index (χ1) is 21.2. The van der Waals surface area contributed by atoms with Crippen LogP contribution in [0.15, 0.2) is 71.9 Å². The fourth-order valence-electron chi connectivity index (χ4n) is 6.35. The van der Waals surface area contributed by atoms with Gasteiger partial charge in [-0.25, -0.2) is 13.4 Å². The Labute approximate surface area is 254 Å². The number of nitrogens with one attached hydrogen (secondary N) is 2. The van der Waals surface area contributed by atoms with E-state index < -0.39 is 37.2 Å². The Morgan fingerprint density at radius 1 is 1.16 bits per heavy atom. The monoisotopic (exact) mass is 622 g/mol. The first-order valence-electron chi connectivity index (χ1n) is 14.6. The van der Waals surface area contributed by atoms with E-state index >= 15 is 0 Å². The average molecular weight is 623 g/mol. The minimum atomic E-state index is -4.63. The molecule has 2 aromatic heterocycles. The molecule has 13 nitrogen and oxygen atoms in total. The number of carbonyl (C=O) groups is 1. The molecule has 1 aliphatic heterocycles. The molecule has 4 N–H and O–H groups in total. The summed E-state index contributed by atoms with van der Waals surface area (Å²) in [4.78, 5) is 31.2. The topological polar surface area (TPSA) is 183 Å². The van der Waals surface area contributed by atoms with Gasteiger partial charge in [0.15, 0.2) is 0 Å². The SMILES string of the molecule is NC(=O)C1C=CC=CC1(Oc1cnc2[nH]ccc2c1)S(=O)(=O)c1ccc(NC2CCC(N3CCOCC3)CC2)c([N+](=O)[O-])c1. The Morgan fingerprint density at radius 3 is 2.66 bits per heavy atom. The number of carbonyl (C=O) groups excluding carboxylic acids is 1. The molecule has 2 aliphatic carbocycles. The Bertz CT molecular complexity index is 1720. The molecule has 1 saturated carbocycles. The number of morpholine rings is 1. The zero-order chi connectivity index (χ0) is 30.9. The van der Waals surface area contributed by atoms with Crippen LogP contribution in [-0.2, 0) is 19.4 Å². The highest BCUT2D eigenvalue weighted by molar-refractivity contribution is 7.93. The van der Waals surface area contributed by atoms with Crippen LogP contribution in [0.5, 0.6) is 5.75 Å². The molecule has 6 rings (SSSR count). The van der Waals surface area contributed by atoms with Gasteiger partial charge in [-0.05, 0) is 56.0 Å². The van der Waals surface area contributed by atoms with Gasteiger partial charge in [-0.15, -0.1) is 0 Å². The molecule has 1 saturated heterocycles. The van der Waals surface area contributed by atoms with Crippen LogP contribution in [0.1, 0.15) is 25.7 Å². The normalized spacial score (nSPS) is 26.0. The molecule has 3 aromatic rings. The molecule has 0 bridgehead atoms. The smallest absolute Gasteiger partial charge is 0.293 e. The van der Waals surface area contributed by atoms with Crippen LogP contribution in [-0.4, -0.2) is 77.4 Å². The van der Waals surface area contributed by atoms with Crippen LogP contribution in [0.2, 0.25) is 0 Å². The maximum absolute atomic E-state index is 14.4. The molecule has 14 heteroatoms. The van der Waals surface area contributed by atoms with E-state index in [1.54, 1.807) is 18.3 Å². The number of sulfone groups is 1. The van der Waals surface area contributed by atoms with Crippen molar-refractivity contribution < 1.29 is 27.6 Å². The van der Waals surface area contributed by atoms with Crippen molar-refractivity contribution in [2.45, 2.75) is 47.6 Å². The number of aromatic nitrogens is 2. The number of nitro benzene ring substituents is 1. The number of ether oxygens (including phenoxy) is 2. The Morgan fingerprint density at radius 2 is 1.93 bits per heavy atom. The van der Waals surface area contributed by atoms with Gasteiger partial charge in [0.25, 0.3) is 5.69 Å². The van der Waals surface area contributed by atoms with Crippen LogP contribution < -0.4 is 15.8 Å². The molecular formula is C30H34N6O7S. The van der Waals surface area contributed by atoms with Crippen molar-refractivity contribution in [1.29, 1.82) is 0 Å². The predicted octanol–water partition coefficient (Wildman–Crippen LogP) is 3.30.